The van der Waals surface area contributed by atoms with Crippen LogP contribution < -0.4 is 5.32 Å². The number of aromatic nitrogens is 1. The van der Waals surface area contributed by atoms with E-state index in [1.807, 2.05) is 13.8 Å². The minimum absolute atomic E-state index is 0.206. The fourth-order valence-corrected chi connectivity index (χ4v) is 2.92. The molecule has 2 aliphatic rings. The molecular weight excluding hydrogens is 218 g/mol. The Bertz CT molecular complexity index is 419. The van der Waals surface area contributed by atoms with Crippen molar-refractivity contribution in [1.82, 2.24) is 15.4 Å². The Kier molecular flexibility index (Phi) is 2.43. The minimum Gasteiger partial charge on any atom is -0.361 e. The summed E-state index contributed by atoms with van der Waals surface area (Å²) < 4.78 is 5.17. The minimum atomic E-state index is 0.206. The summed E-state index contributed by atoms with van der Waals surface area (Å²) in [6.45, 7) is 6.75. The molecule has 2 saturated heterocycles. The first-order valence-corrected chi connectivity index (χ1v) is 6.07. The van der Waals surface area contributed by atoms with Gasteiger partial charge in [-0.15, -0.1) is 0 Å². The normalized spacial score (nSPS) is 28.5. The Morgan fingerprint density at radius 3 is 2.94 bits per heavy atom. The predicted molar refractivity (Wildman–Crippen MR) is 61.3 cm³/mol. The Labute approximate surface area is 100 Å². The lowest BCUT2D eigenvalue weighted by atomic mass is 10.1. The molecule has 2 atom stereocenters. The van der Waals surface area contributed by atoms with Crippen molar-refractivity contribution in [2.45, 2.75) is 32.9 Å². The van der Waals surface area contributed by atoms with E-state index < -0.39 is 0 Å². The fraction of sp³-hybridized carbons (Fsp3) is 0.667. The summed E-state index contributed by atoms with van der Waals surface area (Å²) in [7, 11) is 0. The summed E-state index contributed by atoms with van der Waals surface area (Å²) in [5, 5.41) is 7.01. The molecule has 0 saturated carbocycles. The smallest absolute Gasteiger partial charge is 0.220 e. The Balaban J connectivity index is 1.67. The maximum Gasteiger partial charge on any atom is 0.220 e. The number of likely N-dealkylation sites (tertiary alicyclic amines) is 1. The van der Waals surface area contributed by atoms with Gasteiger partial charge < -0.3 is 9.84 Å². The molecule has 5 nitrogen and oxygen atoms in total. The van der Waals surface area contributed by atoms with E-state index in [0.29, 0.717) is 18.4 Å². The van der Waals surface area contributed by atoms with Crippen molar-refractivity contribution in [3.8, 4) is 0 Å². The van der Waals surface area contributed by atoms with Crippen LogP contribution in [0, 0.1) is 19.8 Å². The van der Waals surface area contributed by atoms with Crippen molar-refractivity contribution in [3.63, 3.8) is 0 Å². The van der Waals surface area contributed by atoms with E-state index in [0.717, 1.165) is 31.1 Å². The van der Waals surface area contributed by atoms with Crippen molar-refractivity contribution in [2.75, 3.05) is 13.1 Å². The number of hydrogen-bond acceptors (Lipinski definition) is 4. The van der Waals surface area contributed by atoms with Crippen LogP contribution in [0.1, 0.15) is 23.4 Å². The first-order chi connectivity index (χ1) is 8.13. The van der Waals surface area contributed by atoms with Gasteiger partial charge in [-0.05, 0) is 13.8 Å². The van der Waals surface area contributed by atoms with Gasteiger partial charge in [0.05, 0.1) is 5.69 Å². The lowest BCUT2D eigenvalue weighted by Gasteiger charge is -2.16. The molecule has 0 unspecified atom stereocenters. The molecule has 2 aliphatic heterocycles. The van der Waals surface area contributed by atoms with Crippen molar-refractivity contribution >= 4 is 5.91 Å². The Morgan fingerprint density at radius 2 is 2.29 bits per heavy atom. The Morgan fingerprint density at radius 1 is 1.47 bits per heavy atom. The number of carbonyl (C=O) groups excluding carboxylic acids is 1. The van der Waals surface area contributed by atoms with Crippen LogP contribution in [0.25, 0.3) is 0 Å². The quantitative estimate of drug-likeness (QED) is 0.816. The van der Waals surface area contributed by atoms with Gasteiger partial charge in [-0.2, -0.15) is 0 Å². The standard InChI is InChI=1S/C12H17N3O2/c1-7-10(8(2)17-14-7)5-15-4-9-3-12(16)13-11(9)6-15/h9,11H,3-6H2,1-2H3,(H,13,16)/t9-,11+/m0/s1. The summed E-state index contributed by atoms with van der Waals surface area (Å²) in [6, 6.07) is 0.350. The van der Waals surface area contributed by atoms with Crippen molar-refractivity contribution in [2.24, 2.45) is 5.92 Å². The third-order valence-corrected chi connectivity index (χ3v) is 3.87. The number of fused-ring (bicyclic) bond motifs is 1. The highest BCUT2D eigenvalue weighted by Gasteiger charge is 2.39. The van der Waals surface area contributed by atoms with Gasteiger partial charge in [-0.3, -0.25) is 9.69 Å². The third kappa shape index (κ3) is 1.84. The number of amides is 1. The molecule has 0 aromatic carbocycles. The van der Waals surface area contributed by atoms with Crippen LogP contribution in [-0.2, 0) is 11.3 Å². The molecule has 0 radical (unpaired) electrons. The lowest BCUT2D eigenvalue weighted by Crippen LogP contribution is -2.32. The maximum absolute atomic E-state index is 11.2. The molecule has 0 aliphatic carbocycles. The molecule has 2 fully saturated rings. The average Bonchev–Trinajstić information content (AvgIpc) is 2.86. The highest BCUT2D eigenvalue weighted by Crippen LogP contribution is 2.27. The van der Waals surface area contributed by atoms with Gasteiger partial charge in [-0.1, -0.05) is 5.16 Å². The van der Waals surface area contributed by atoms with Crippen molar-refractivity contribution in [1.29, 1.82) is 0 Å². The van der Waals surface area contributed by atoms with E-state index in [-0.39, 0.29) is 5.91 Å². The summed E-state index contributed by atoms with van der Waals surface area (Å²) in [6.07, 6.45) is 0.683. The van der Waals surface area contributed by atoms with Crippen LogP contribution in [0.15, 0.2) is 4.52 Å². The summed E-state index contributed by atoms with van der Waals surface area (Å²) in [5.74, 6) is 1.60. The number of carbonyl (C=O) groups is 1. The van der Waals surface area contributed by atoms with Crippen LogP contribution >= 0.6 is 0 Å². The number of nitrogens with zero attached hydrogens (tertiary/aromatic N) is 2. The number of aryl methyl sites for hydroxylation is 2. The van der Waals surface area contributed by atoms with Crippen LogP contribution in [0.4, 0.5) is 0 Å². The molecular formula is C12H17N3O2. The van der Waals surface area contributed by atoms with E-state index in [1.165, 1.54) is 5.56 Å². The molecule has 0 bridgehead atoms. The first-order valence-electron chi connectivity index (χ1n) is 6.07. The van der Waals surface area contributed by atoms with Gasteiger partial charge in [0.2, 0.25) is 5.91 Å². The largest absolute Gasteiger partial charge is 0.361 e. The monoisotopic (exact) mass is 235 g/mol. The highest BCUT2D eigenvalue weighted by atomic mass is 16.5. The van der Waals surface area contributed by atoms with E-state index in [9.17, 15) is 4.79 Å². The molecule has 3 rings (SSSR count). The summed E-state index contributed by atoms with van der Waals surface area (Å²) in [5.41, 5.74) is 2.17. The molecule has 1 amide bonds. The van der Waals surface area contributed by atoms with Gasteiger partial charge in [0.1, 0.15) is 5.76 Å². The summed E-state index contributed by atoms with van der Waals surface area (Å²) in [4.78, 5) is 13.6. The van der Waals surface area contributed by atoms with Gasteiger partial charge in [0, 0.05) is 43.6 Å². The topological polar surface area (TPSA) is 58.4 Å². The van der Waals surface area contributed by atoms with E-state index in [2.05, 4.69) is 15.4 Å². The second kappa shape index (κ2) is 3.84. The number of nitrogens with one attached hydrogen (secondary N) is 1. The van der Waals surface area contributed by atoms with Gasteiger partial charge in [0.15, 0.2) is 0 Å². The second-order valence-corrected chi connectivity index (χ2v) is 5.14. The molecule has 1 aromatic rings. The van der Waals surface area contributed by atoms with Crippen LogP contribution in [0.2, 0.25) is 0 Å². The second-order valence-electron chi connectivity index (χ2n) is 5.14. The molecule has 3 heterocycles. The number of hydrogen-bond donors (Lipinski definition) is 1. The zero-order chi connectivity index (χ0) is 12.0. The van der Waals surface area contributed by atoms with E-state index >= 15 is 0 Å². The van der Waals surface area contributed by atoms with Crippen molar-refractivity contribution < 1.29 is 9.32 Å². The first kappa shape index (κ1) is 10.8. The summed E-state index contributed by atoms with van der Waals surface area (Å²) >= 11 is 0. The van der Waals surface area contributed by atoms with Crippen LogP contribution in [-0.4, -0.2) is 35.1 Å². The Hall–Kier alpha value is -1.36. The van der Waals surface area contributed by atoms with Gasteiger partial charge in [-0.25, -0.2) is 0 Å². The van der Waals surface area contributed by atoms with Crippen LogP contribution in [0.5, 0.6) is 0 Å². The van der Waals surface area contributed by atoms with Gasteiger partial charge in [0.25, 0.3) is 0 Å². The third-order valence-electron chi connectivity index (χ3n) is 3.87. The lowest BCUT2D eigenvalue weighted by molar-refractivity contribution is -0.119. The average molecular weight is 235 g/mol. The zero-order valence-electron chi connectivity index (χ0n) is 10.2. The SMILES string of the molecule is Cc1noc(C)c1CN1C[C@@H]2CC(=O)N[C@@H]2C1. The molecule has 1 N–H and O–H groups in total. The maximum atomic E-state index is 11.2. The van der Waals surface area contributed by atoms with E-state index in [1.54, 1.807) is 0 Å². The molecule has 1 aromatic heterocycles. The van der Waals surface area contributed by atoms with Gasteiger partial charge >= 0.3 is 0 Å². The van der Waals surface area contributed by atoms with Crippen LogP contribution in [0.3, 0.4) is 0 Å². The fourth-order valence-electron chi connectivity index (χ4n) is 2.92. The number of rotatable bonds is 2. The zero-order valence-corrected chi connectivity index (χ0v) is 10.2. The van der Waals surface area contributed by atoms with E-state index in [4.69, 9.17) is 4.52 Å². The molecule has 17 heavy (non-hydrogen) atoms. The molecule has 92 valence electrons. The highest BCUT2D eigenvalue weighted by molar-refractivity contribution is 5.79. The molecule has 5 heteroatoms. The van der Waals surface area contributed by atoms with Crippen molar-refractivity contribution in [3.05, 3.63) is 17.0 Å². The molecule has 0 spiro atoms. The predicted octanol–water partition coefficient (Wildman–Crippen LogP) is 0.612.